The fourth-order valence-electron chi connectivity index (χ4n) is 10.7. The first kappa shape index (κ1) is 38.9. The number of benzene rings is 9. The standard InChI is InChI=1S/C64H41N5/c1-4-16-42(17-5-1)48-39-56(43-18-6-2-7-19-43)66-63(41-48)69-58-27-13-11-25-52(58)54-37-45(30-33-59(54)69)47-29-32-53-51-24-10-12-26-57(51)68(62(53)40-47)50-23-14-20-44(36-50)46-31-34-60-55(38-46)64-61(28-15-35-65-64)67(60)49-21-8-3-9-22-49/h1-41H. The van der Waals surface area contributed by atoms with Gasteiger partial charge in [-0.05, 0) is 124 Å². The Kier molecular flexibility index (Phi) is 8.83. The maximum absolute atomic E-state index is 5.37. The molecule has 0 fully saturated rings. The number of hydrogen-bond donors (Lipinski definition) is 0. The smallest absolute Gasteiger partial charge is 0.138 e. The lowest BCUT2D eigenvalue weighted by Gasteiger charge is -2.13. The van der Waals surface area contributed by atoms with Gasteiger partial charge in [0.05, 0.1) is 44.3 Å². The molecule has 14 rings (SSSR count). The maximum atomic E-state index is 5.37. The summed E-state index contributed by atoms with van der Waals surface area (Å²) >= 11 is 0. The summed E-state index contributed by atoms with van der Waals surface area (Å²) in [7, 11) is 0. The van der Waals surface area contributed by atoms with Crippen molar-refractivity contribution in [3.05, 3.63) is 249 Å². The molecule has 5 heterocycles. The highest BCUT2D eigenvalue weighted by molar-refractivity contribution is 6.13. The molecule has 0 atom stereocenters. The first-order valence-corrected chi connectivity index (χ1v) is 23.5. The van der Waals surface area contributed by atoms with Crippen LogP contribution in [0.15, 0.2) is 249 Å². The topological polar surface area (TPSA) is 40.6 Å². The molecule has 5 aromatic heterocycles. The van der Waals surface area contributed by atoms with Crippen LogP contribution in [0.1, 0.15) is 0 Å². The van der Waals surface area contributed by atoms with Crippen molar-refractivity contribution < 1.29 is 0 Å². The number of para-hydroxylation sites is 3. The summed E-state index contributed by atoms with van der Waals surface area (Å²) in [6.07, 6.45) is 1.89. The molecule has 14 aromatic rings. The molecule has 0 bridgehead atoms. The Hall–Kier alpha value is -9.32. The average Bonchev–Trinajstić information content (AvgIpc) is 4.06. The van der Waals surface area contributed by atoms with Gasteiger partial charge in [0, 0.05) is 50.1 Å². The van der Waals surface area contributed by atoms with E-state index >= 15 is 0 Å². The first-order chi connectivity index (χ1) is 34.2. The van der Waals surface area contributed by atoms with Gasteiger partial charge >= 0.3 is 0 Å². The van der Waals surface area contributed by atoms with E-state index in [-0.39, 0.29) is 0 Å². The second-order valence-corrected chi connectivity index (χ2v) is 17.8. The van der Waals surface area contributed by atoms with Crippen LogP contribution in [0.5, 0.6) is 0 Å². The summed E-state index contributed by atoms with van der Waals surface area (Å²) in [4.78, 5) is 10.3. The molecule has 0 saturated heterocycles. The van der Waals surface area contributed by atoms with Crippen LogP contribution in [0.3, 0.4) is 0 Å². The zero-order chi connectivity index (χ0) is 45.4. The van der Waals surface area contributed by atoms with E-state index in [1.54, 1.807) is 0 Å². The van der Waals surface area contributed by atoms with E-state index in [1.165, 1.54) is 27.1 Å². The molecule has 5 heteroatoms. The molecule has 9 aromatic carbocycles. The number of aromatic nitrogens is 5. The Labute approximate surface area is 398 Å². The highest BCUT2D eigenvalue weighted by Crippen LogP contribution is 2.40. The van der Waals surface area contributed by atoms with Crippen LogP contribution >= 0.6 is 0 Å². The molecule has 0 aliphatic rings. The van der Waals surface area contributed by atoms with Crippen LogP contribution in [-0.2, 0) is 0 Å². The molecule has 0 saturated carbocycles. The highest BCUT2D eigenvalue weighted by atomic mass is 15.1. The molecule has 0 spiro atoms. The number of pyridine rings is 2. The molecule has 0 aliphatic heterocycles. The first-order valence-electron chi connectivity index (χ1n) is 23.5. The fraction of sp³-hybridized carbons (Fsp3) is 0. The number of rotatable bonds is 7. The van der Waals surface area contributed by atoms with Gasteiger partial charge in [-0.3, -0.25) is 9.55 Å². The Morgan fingerprint density at radius 3 is 1.55 bits per heavy atom. The van der Waals surface area contributed by atoms with Crippen LogP contribution in [0.2, 0.25) is 0 Å². The van der Waals surface area contributed by atoms with Crippen molar-refractivity contribution in [2.24, 2.45) is 0 Å². The lowest BCUT2D eigenvalue weighted by molar-refractivity contribution is 1.08. The summed E-state index contributed by atoms with van der Waals surface area (Å²) < 4.78 is 7.07. The summed E-state index contributed by atoms with van der Waals surface area (Å²) in [6.45, 7) is 0. The van der Waals surface area contributed by atoms with Crippen LogP contribution in [0.4, 0.5) is 0 Å². The molecule has 0 aliphatic carbocycles. The van der Waals surface area contributed by atoms with Crippen molar-refractivity contribution in [2.45, 2.75) is 0 Å². The monoisotopic (exact) mass is 879 g/mol. The molecule has 0 amide bonds. The third-order valence-corrected chi connectivity index (χ3v) is 13.9. The zero-order valence-corrected chi connectivity index (χ0v) is 37.4. The van der Waals surface area contributed by atoms with E-state index in [0.717, 1.165) is 100 Å². The van der Waals surface area contributed by atoms with Gasteiger partial charge in [-0.15, -0.1) is 0 Å². The fourth-order valence-corrected chi connectivity index (χ4v) is 10.7. The molecule has 322 valence electrons. The lowest BCUT2D eigenvalue weighted by Crippen LogP contribution is -2.00. The van der Waals surface area contributed by atoms with Crippen LogP contribution < -0.4 is 0 Å². The number of fused-ring (bicyclic) bond motifs is 9. The maximum Gasteiger partial charge on any atom is 0.138 e. The van der Waals surface area contributed by atoms with Gasteiger partial charge in [0.15, 0.2) is 0 Å². The predicted octanol–water partition coefficient (Wildman–Crippen LogP) is 16.4. The largest absolute Gasteiger partial charge is 0.309 e. The molecule has 69 heavy (non-hydrogen) atoms. The van der Waals surface area contributed by atoms with Gasteiger partial charge < -0.3 is 9.13 Å². The van der Waals surface area contributed by atoms with E-state index in [4.69, 9.17) is 9.97 Å². The van der Waals surface area contributed by atoms with Gasteiger partial charge in [0.25, 0.3) is 0 Å². The average molecular weight is 880 g/mol. The van der Waals surface area contributed by atoms with Gasteiger partial charge in [-0.25, -0.2) is 4.98 Å². The number of nitrogens with zero attached hydrogens (tertiary/aromatic N) is 5. The second-order valence-electron chi connectivity index (χ2n) is 17.8. The SMILES string of the molecule is c1ccc(-c2cc(-c3ccccc3)nc(-n3c4ccccc4c4cc(-c5ccc6c7ccccc7n(-c7cccc(-c8ccc9c(c8)c8ncccc8n9-c8ccccc8)c7)c6c5)ccc43)c2)cc1. The quantitative estimate of drug-likeness (QED) is 0.160. The van der Waals surface area contributed by atoms with E-state index < -0.39 is 0 Å². The molecule has 0 radical (unpaired) electrons. The lowest BCUT2D eigenvalue weighted by atomic mass is 10.0. The highest BCUT2D eigenvalue weighted by Gasteiger charge is 2.19. The van der Waals surface area contributed by atoms with Crippen LogP contribution in [0, 0.1) is 0 Å². The number of hydrogen-bond acceptors (Lipinski definition) is 2. The third kappa shape index (κ3) is 6.32. The molecule has 0 unspecified atom stereocenters. The van der Waals surface area contributed by atoms with Crippen molar-refractivity contribution >= 4 is 65.5 Å². The van der Waals surface area contributed by atoms with Crippen molar-refractivity contribution in [2.75, 3.05) is 0 Å². The molecular weight excluding hydrogens is 839 g/mol. The van der Waals surface area contributed by atoms with Crippen molar-refractivity contribution in [1.29, 1.82) is 0 Å². The molecule has 5 nitrogen and oxygen atoms in total. The predicted molar refractivity (Wildman–Crippen MR) is 287 cm³/mol. The summed E-state index contributed by atoms with van der Waals surface area (Å²) in [5, 5.41) is 5.95. The minimum absolute atomic E-state index is 0.887. The Balaban J connectivity index is 0.904. The van der Waals surface area contributed by atoms with Gasteiger partial charge in [-0.2, -0.15) is 0 Å². The van der Waals surface area contributed by atoms with Crippen LogP contribution in [0.25, 0.3) is 127 Å². The van der Waals surface area contributed by atoms with E-state index in [1.807, 2.05) is 12.3 Å². The Morgan fingerprint density at radius 1 is 0.261 bits per heavy atom. The van der Waals surface area contributed by atoms with Crippen molar-refractivity contribution in [3.63, 3.8) is 0 Å². The summed E-state index contributed by atoms with van der Waals surface area (Å²) in [5.74, 6) is 0.887. The van der Waals surface area contributed by atoms with E-state index in [0.29, 0.717) is 0 Å². The minimum Gasteiger partial charge on any atom is -0.309 e. The Morgan fingerprint density at radius 2 is 0.783 bits per heavy atom. The van der Waals surface area contributed by atoms with Crippen molar-refractivity contribution in [1.82, 2.24) is 23.7 Å². The summed E-state index contributed by atoms with van der Waals surface area (Å²) in [6, 6.07) is 87.3. The normalized spacial score (nSPS) is 11.8. The van der Waals surface area contributed by atoms with E-state index in [9.17, 15) is 0 Å². The van der Waals surface area contributed by atoms with Gasteiger partial charge in [0.1, 0.15) is 5.82 Å². The van der Waals surface area contributed by atoms with E-state index in [2.05, 4.69) is 250 Å². The molecule has 0 N–H and O–H groups in total. The summed E-state index contributed by atoms with van der Waals surface area (Å²) in [5.41, 5.74) is 18.9. The second kappa shape index (κ2) is 15.7. The zero-order valence-electron chi connectivity index (χ0n) is 37.4. The molecular formula is C64H41N5. The third-order valence-electron chi connectivity index (χ3n) is 13.9. The Bertz CT molecular complexity index is 4240. The van der Waals surface area contributed by atoms with Gasteiger partial charge in [0.2, 0.25) is 0 Å². The van der Waals surface area contributed by atoms with Crippen molar-refractivity contribution in [3.8, 4) is 61.8 Å². The van der Waals surface area contributed by atoms with Gasteiger partial charge in [-0.1, -0.05) is 152 Å². The van der Waals surface area contributed by atoms with Crippen LogP contribution in [-0.4, -0.2) is 23.7 Å². The minimum atomic E-state index is 0.887.